The minimum Gasteiger partial charge on any atom is -0.387 e. The van der Waals surface area contributed by atoms with E-state index in [4.69, 9.17) is 4.74 Å². The molecule has 0 spiro atoms. The van der Waals surface area contributed by atoms with E-state index in [-0.39, 0.29) is 13.0 Å². The van der Waals surface area contributed by atoms with E-state index in [1.807, 2.05) is 6.92 Å². The molecule has 0 bridgehead atoms. The van der Waals surface area contributed by atoms with Gasteiger partial charge in [-0.1, -0.05) is 12.1 Å². The van der Waals surface area contributed by atoms with E-state index in [9.17, 15) is 18.3 Å². The van der Waals surface area contributed by atoms with Crippen LogP contribution in [-0.2, 0) is 17.3 Å². The molecule has 0 saturated heterocycles. The summed E-state index contributed by atoms with van der Waals surface area (Å²) in [5.41, 5.74) is -1.11. The Hall–Kier alpha value is -1.07. The van der Waals surface area contributed by atoms with Crippen molar-refractivity contribution in [2.75, 3.05) is 13.2 Å². The zero-order chi connectivity index (χ0) is 13.8. The summed E-state index contributed by atoms with van der Waals surface area (Å²) in [6, 6.07) is 4.80. The molecule has 0 aliphatic carbocycles. The molecule has 5 heteroatoms. The van der Waals surface area contributed by atoms with Crippen LogP contribution >= 0.6 is 0 Å². The summed E-state index contributed by atoms with van der Waals surface area (Å²) in [5, 5.41) is 9.98. The lowest BCUT2D eigenvalue weighted by Gasteiger charge is -2.23. The molecule has 102 valence electrons. The lowest BCUT2D eigenvalue weighted by molar-refractivity contribution is -0.137. The van der Waals surface area contributed by atoms with Gasteiger partial charge in [-0.25, -0.2) is 0 Å². The molecule has 1 unspecified atom stereocenters. The maximum Gasteiger partial charge on any atom is 0.416 e. The Morgan fingerprint density at radius 3 is 2.17 bits per heavy atom. The first-order valence-corrected chi connectivity index (χ1v) is 5.71. The van der Waals surface area contributed by atoms with E-state index in [0.717, 1.165) is 12.1 Å². The number of benzene rings is 1. The number of aliphatic hydroxyl groups is 1. The molecule has 2 nitrogen and oxygen atoms in total. The van der Waals surface area contributed by atoms with Crippen LogP contribution in [-0.4, -0.2) is 23.9 Å². The monoisotopic (exact) mass is 262 g/mol. The van der Waals surface area contributed by atoms with Crippen molar-refractivity contribution in [1.29, 1.82) is 0 Å². The summed E-state index contributed by atoms with van der Waals surface area (Å²) in [5.74, 6) is 0. The minimum atomic E-state index is -4.33. The average Bonchev–Trinajstić information content (AvgIpc) is 2.25. The maximum atomic E-state index is 12.4. The minimum absolute atomic E-state index is 0.157. The van der Waals surface area contributed by atoms with E-state index in [1.165, 1.54) is 12.1 Å². The third kappa shape index (κ3) is 4.66. The van der Waals surface area contributed by atoms with Crippen molar-refractivity contribution in [2.45, 2.75) is 32.0 Å². The molecule has 0 fully saturated rings. The van der Waals surface area contributed by atoms with Gasteiger partial charge in [0.25, 0.3) is 0 Å². The second-order valence-electron chi connectivity index (χ2n) is 4.51. The van der Waals surface area contributed by atoms with E-state index in [0.29, 0.717) is 12.2 Å². The van der Waals surface area contributed by atoms with Gasteiger partial charge in [-0.15, -0.1) is 0 Å². The molecule has 1 rings (SSSR count). The van der Waals surface area contributed by atoms with Gasteiger partial charge in [-0.3, -0.25) is 0 Å². The normalized spacial score (nSPS) is 15.4. The lowest BCUT2D eigenvalue weighted by atomic mass is 9.96. The van der Waals surface area contributed by atoms with Gasteiger partial charge in [-0.05, 0) is 31.5 Å². The molecule has 1 N–H and O–H groups in total. The van der Waals surface area contributed by atoms with Crippen LogP contribution in [0.25, 0.3) is 0 Å². The third-order valence-electron chi connectivity index (χ3n) is 2.48. The van der Waals surface area contributed by atoms with Gasteiger partial charge >= 0.3 is 6.18 Å². The highest BCUT2D eigenvalue weighted by atomic mass is 19.4. The lowest BCUT2D eigenvalue weighted by Crippen LogP contribution is -2.33. The van der Waals surface area contributed by atoms with Gasteiger partial charge in [0.05, 0.1) is 17.8 Å². The molecule has 0 radical (unpaired) electrons. The average molecular weight is 262 g/mol. The number of rotatable bonds is 5. The van der Waals surface area contributed by atoms with Crippen molar-refractivity contribution in [3.05, 3.63) is 35.4 Å². The number of halogens is 3. The van der Waals surface area contributed by atoms with E-state index in [1.54, 1.807) is 6.92 Å². The molecule has 1 atom stereocenters. The van der Waals surface area contributed by atoms with Crippen LogP contribution in [0.15, 0.2) is 24.3 Å². The Labute approximate surface area is 104 Å². The zero-order valence-electron chi connectivity index (χ0n) is 10.4. The summed E-state index contributed by atoms with van der Waals surface area (Å²) in [6.07, 6.45) is -4.07. The molecule has 0 heterocycles. The Balaban J connectivity index is 2.69. The van der Waals surface area contributed by atoms with E-state index >= 15 is 0 Å². The van der Waals surface area contributed by atoms with Crippen molar-refractivity contribution in [1.82, 2.24) is 0 Å². The van der Waals surface area contributed by atoms with Crippen molar-refractivity contribution < 1.29 is 23.0 Å². The molecule has 0 amide bonds. The predicted molar refractivity (Wildman–Crippen MR) is 62.3 cm³/mol. The SMILES string of the molecule is CCOCC(C)(O)Cc1ccc(C(F)(F)F)cc1. The van der Waals surface area contributed by atoms with Gasteiger partial charge in [-0.2, -0.15) is 13.2 Å². The van der Waals surface area contributed by atoms with Gasteiger partial charge in [0.1, 0.15) is 0 Å². The quantitative estimate of drug-likeness (QED) is 0.883. The van der Waals surface area contributed by atoms with Crippen molar-refractivity contribution in [3.63, 3.8) is 0 Å². The van der Waals surface area contributed by atoms with Crippen LogP contribution in [0.5, 0.6) is 0 Å². The third-order valence-corrected chi connectivity index (χ3v) is 2.48. The van der Waals surface area contributed by atoms with E-state index in [2.05, 4.69) is 0 Å². The second-order valence-corrected chi connectivity index (χ2v) is 4.51. The number of alkyl halides is 3. The Kier molecular flexibility index (Phi) is 4.76. The zero-order valence-corrected chi connectivity index (χ0v) is 10.4. The van der Waals surface area contributed by atoms with Crippen molar-refractivity contribution in [3.8, 4) is 0 Å². The van der Waals surface area contributed by atoms with Crippen LogP contribution in [0.4, 0.5) is 13.2 Å². The predicted octanol–water partition coefficient (Wildman–Crippen LogP) is 3.04. The molecule has 0 aromatic heterocycles. The molecule has 0 aliphatic heterocycles. The van der Waals surface area contributed by atoms with Crippen LogP contribution in [0.2, 0.25) is 0 Å². The first-order valence-electron chi connectivity index (χ1n) is 5.71. The Morgan fingerprint density at radius 2 is 1.72 bits per heavy atom. The fourth-order valence-corrected chi connectivity index (χ4v) is 1.62. The molecular formula is C13H17F3O2. The Bertz CT molecular complexity index is 369. The Morgan fingerprint density at radius 1 is 1.17 bits per heavy atom. The largest absolute Gasteiger partial charge is 0.416 e. The van der Waals surface area contributed by atoms with E-state index < -0.39 is 17.3 Å². The molecule has 1 aromatic rings. The van der Waals surface area contributed by atoms with Crippen LogP contribution in [0.3, 0.4) is 0 Å². The standard InChI is InChI=1S/C13H17F3O2/c1-3-18-9-12(2,17)8-10-4-6-11(7-5-10)13(14,15)16/h4-7,17H,3,8-9H2,1-2H3. The fraction of sp³-hybridized carbons (Fsp3) is 0.538. The summed E-state index contributed by atoms with van der Waals surface area (Å²) in [4.78, 5) is 0. The number of hydrogen-bond donors (Lipinski definition) is 1. The summed E-state index contributed by atoms with van der Waals surface area (Å²) < 4.78 is 42.2. The highest BCUT2D eigenvalue weighted by Gasteiger charge is 2.30. The molecule has 0 saturated carbocycles. The number of hydrogen-bond acceptors (Lipinski definition) is 2. The van der Waals surface area contributed by atoms with Crippen molar-refractivity contribution in [2.24, 2.45) is 0 Å². The van der Waals surface area contributed by atoms with Crippen molar-refractivity contribution >= 4 is 0 Å². The van der Waals surface area contributed by atoms with Crippen LogP contribution in [0, 0.1) is 0 Å². The molecule has 18 heavy (non-hydrogen) atoms. The molecule has 1 aromatic carbocycles. The van der Waals surface area contributed by atoms with Crippen LogP contribution in [0.1, 0.15) is 25.0 Å². The molecule has 0 aliphatic rings. The highest BCUT2D eigenvalue weighted by Crippen LogP contribution is 2.29. The van der Waals surface area contributed by atoms with Gasteiger partial charge < -0.3 is 9.84 Å². The van der Waals surface area contributed by atoms with Crippen LogP contribution < -0.4 is 0 Å². The summed E-state index contributed by atoms with van der Waals surface area (Å²) in [7, 11) is 0. The summed E-state index contributed by atoms with van der Waals surface area (Å²) >= 11 is 0. The topological polar surface area (TPSA) is 29.5 Å². The smallest absolute Gasteiger partial charge is 0.387 e. The maximum absolute atomic E-state index is 12.4. The first kappa shape index (κ1) is 15.0. The first-order chi connectivity index (χ1) is 8.24. The van der Waals surface area contributed by atoms with Gasteiger partial charge in [0.2, 0.25) is 0 Å². The molecular weight excluding hydrogens is 245 g/mol. The van der Waals surface area contributed by atoms with Gasteiger partial charge in [0.15, 0.2) is 0 Å². The number of ether oxygens (including phenoxy) is 1. The second kappa shape index (κ2) is 5.71. The van der Waals surface area contributed by atoms with Gasteiger partial charge in [0, 0.05) is 13.0 Å². The summed E-state index contributed by atoms with van der Waals surface area (Å²) in [6.45, 7) is 4.06. The highest BCUT2D eigenvalue weighted by molar-refractivity contribution is 5.25. The fourth-order valence-electron chi connectivity index (χ4n) is 1.62.